The molecule has 0 radical (unpaired) electrons. The van der Waals surface area contributed by atoms with Crippen LogP contribution in [0.1, 0.15) is 32.1 Å². The van der Waals surface area contributed by atoms with Gasteiger partial charge in [0.05, 0.1) is 12.6 Å². The molecule has 1 aromatic heterocycles. The molecule has 1 atom stereocenters. The van der Waals surface area contributed by atoms with Crippen LogP contribution in [0.4, 0.5) is 4.79 Å². The predicted octanol–water partition coefficient (Wildman–Crippen LogP) is 1.88. The molecule has 1 aliphatic heterocycles. The molecule has 2 amide bonds. The molecule has 1 aliphatic rings. The first-order valence-corrected chi connectivity index (χ1v) is 10.3. The summed E-state index contributed by atoms with van der Waals surface area (Å²) in [7, 11) is 3.43. The van der Waals surface area contributed by atoms with Crippen molar-refractivity contribution in [2.24, 2.45) is 4.99 Å². The number of nitrogens with one attached hydrogen (secondary N) is 2. The van der Waals surface area contributed by atoms with Crippen molar-refractivity contribution in [1.29, 1.82) is 0 Å². The number of guanidine groups is 1. The van der Waals surface area contributed by atoms with Crippen LogP contribution < -0.4 is 10.6 Å². The molecule has 8 nitrogen and oxygen atoms in total. The Kier molecular flexibility index (Phi) is 7.68. The van der Waals surface area contributed by atoms with Gasteiger partial charge in [-0.3, -0.25) is 4.79 Å². The number of thiophene rings is 1. The molecular weight excluding hydrogens is 378 g/mol. The van der Waals surface area contributed by atoms with Crippen LogP contribution >= 0.6 is 11.3 Å². The van der Waals surface area contributed by atoms with E-state index in [-0.39, 0.29) is 18.5 Å². The minimum Gasteiger partial charge on any atom is -0.444 e. The van der Waals surface area contributed by atoms with Crippen LogP contribution in [-0.4, -0.2) is 73.1 Å². The van der Waals surface area contributed by atoms with Gasteiger partial charge in [-0.05, 0) is 38.6 Å². The second kappa shape index (κ2) is 9.77. The highest BCUT2D eigenvalue weighted by Crippen LogP contribution is 2.13. The number of hydrogen-bond acceptors (Lipinski definition) is 5. The second-order valence-electron chi connectivity index (χ2n) is 7.94. The van der Waals surface area contributed by atoms with Crippen LogP contribution in [0.5, 0.6) is 0 Å². The maximum atomic E-state index is 12.0. The van der Waals surface area contributed by atoms with Crippen molar-refractivity contribution >= 4 is 29.3 Å². The van der Waals surface area contributed by atoms with E-state index < -0.39 is 11.7 Å². The Balaban J connectivity index is 1.97. The SMILES string of the molecule is CN(C)C(=O)CN=C(NCc1cccs1)N1CCC(NC(=O)OC(C)(C)C)C1. The Hall–Kier alpha value is -2.29. The Morgan fingerprint density at radius 3 is 2.75 bits per heavy atom. The molecule has 0 bridgehead atoms. The van der Waals surface area contributed by atoms with Gasteiger partial charge in [-0.25, -0.2) is 9.79 Å². The number of nitrogens with zero attached hydrogens (tertiary/aromatic N) is 3. The number of alkyl carbamates (subject to hydrolysis) is 1. The summed E-state index contributed by atoms with van der Waals surface area (Å²) in [5, 5.41) is 8.28. The van der Waals surface area contributed by atoms with Crippen LogP contribution in [0.3, 0.4) is 0 Å². The van der Waals surface area contributed by atoms with E-state index in [1.165, 1.54) is 9.78 Å². The fourth-order valence-corrected chi connectivity index (χ4v) is 3.32. The van der Waals surface area contributed by atoms with Crippen molar-refractivity contribution in [3.63, 3.8) is 0 Å². The van der Waals surface area contributed by atoms with Gasteiger partial charge in [0.1, 0.15) is 12.1 Å². The highest BCUT2D eigenvalue weighted by Gasteiger charge is 2.28. The van der Waals surface area contributed by atoms with E-state index in [0.29, 0.717) is 19.0 Å². The molecule has 1 aromatic rings. The van der Waals surface area contributed by atoms with E-state index >= 15 is 0 Å². The van der Waals surface area contributed by atoms with Gasteiger partial charge < -0.3 is 25.2 Å². The monoisotopic (exact) mass is 409 g/mol. The zero-order valence-electron chi connectivity index (χ0n) is 17.3. The summed E-state index contributed by atoms with van der Waals surface area (Å²) < 4.78 is 5.33. The number of aliphatic imine (C=N–C) groups is 1. The third-order valence-electron chi connectivity index (χ3n) is 4.07. The lowest BCUT2D eigenvalue weighted by molar-refractivity contribution is -0.127. The number of likely N-dealkylation sites (tertiary alicyclic amines) is 1. The van der Waals surface area contributed by atoms with E-state index in [1.807, 2.05) is 32.2 Å². The van der Waals surface area contributed by atoms with Crippen LogP contribution in [0.2, 0.25) is 0 Å². The smallest absolute Gasteiger partial charge is 0.407 e. The molecule has 0 spiro atoms. The number of likely N-dealkylation sites (N-methyl/N-ethyl adjacent to an activating group) is 1. The average Bonchev–Trinajstić information content (AvgIpc) is 3.24. The standard InChI is InChI=1S/C19H31N5O3S/c1-19(2,3)27-18(26)22-14-8-9-24(13-14)17(21-12-16(25)23(4)5)20-11-15-7-6-10-28-15/h6-7,10,14H,8-9,11-13H2,1-5H3,(H,20,21)(H,22,26). The fraction of sp³-hybridized carbons (Fsp3) is 0.632. The lowest BCUT2D eigenvalue weighted by Crippen LogP contribution is -2.44. The maximum Gasteiger partial charge on any atom is 0.407 e. The molecule has 9 heteroatoms. The number of ether oxygens (including phenoxy) is 1. The molecule has 28 heavy (non-hydrogen) atoms. The van der Waals surface area contributed by atoms with Gasteiger partial charge in [-0.1, -0.05) is 6.07 Å². The number of amides is 2. The molecule has 156 valence electrons. The summed E-state index contributed by atoms with van der Waals surface area (Å²) in [5.74, 6) is 0.620. The molecule has 0 saturated carbocycles. The molecule has 1 fully saturated rings. The summed E-state index contributed by atoms with van der Waals surface area (Å²) in [4.78, 5) is 33.2. The number of carbonyl (C=O) groups is 2. The van der Waals surface area contributed by atoms with Crippen molar-refractivity contribution in [3.05, 3.63) is 22.4 Å². The highest BCUT2D eigenvalue weighted by molar-refractivity contribution is 7.09. The number of rotatable bonds is 5. The van der Waals surface area contributed by atoms with E-state index in [9.17, 15) is 9.59 Å². The van der Waals surface area contributed by atoms with E-state index in [2.05, 4.69) is 26.6 Å². The normalized spacial score (nSPS) is 17.4. The first-order valence-electron chi connectivity index (χ1n) is 9.39. The fourth-order valence-electron chi connectivity index (χ4n) is 2.68. The van der Waals surface area contributed by atoms with Crippen LogP contribution in [0.25, 0.3) is 0 Å². The van der Waals surface area contributed by atoms with Gasteiger partial charge in [0.15, 0.2) is 5.96 Å². The van der Waals surface area contributed by atoms with Gasteiger partial charge in [0.25, 0.3) is 0 Å². The molecular formula is C19H31N5O3S. The first-order chi connectivity index (χ1) is 13.1. The zero-order chi connectivity index (χ0) is 20.7. The van der Waals surface area contributed by atoms with E-state index in [4.69, 9.17) is 4.74 Å². The van der Waals surface area contributed by atoms with Gasteiger partial charge >= 0.3 is 6.09 Å². The topological polar surface area (TPSA) is 86.3 Å². The van der Waals surface area contributed by atoms with Crippen molar-refractivity contribution in [3.8, 4) is 0 Å². The Labute approximate surface area is 170 Å². The minimum absolute atomic E-state index is 0.0202. The van der Waals surface area contributed by atoms with Crippen molar-refractivity contribution < 1.29 is 14.3 Å². The second-order valence-corrected chi connectivity index (χ2v) is 8.97. The average molecular weight is 410 g/mol. The Morgan fingerprint density at radius 2 is 2.14 bits per heavy atom. The first kappa shape index (κ1) is 22.0. The molecule has 2 rings (SSSR count). The Bertz CT molecular complexity index is 682. The quantitative estimate of drug-likeness (QED) is 0.573. The summed E-state index contributed by atoms with van der Waals surface area (Å²) in [6.07, 6.45) is 0.382. The molecule has 2 heterocycles. The van der Waals surface area contributed by atoms with Crippen molar-refractivity contribution in [2.45, 2.75) is 45.4 Å². The third kappa shape index (κ3) is 7.38. The molecule has 0 aromatic carbocycles. The molecule has 2 N–H and O–H groups in total. The number of carbonyl (C=O) groups excluding carboxylic acids is 2. The van der Waals surface area contributed by atoms with E-state index in [1.54, 1.807) is 25.4 Å². The third-order valence-corrected chi connectivity index (χ3v) is 4.95. The van der Waals surface area contributed by atoms with Crippen LogP contribution in [0.15, 0.2) is 22.5 Å². The lowest BCUT2D eigenvalue weighted by Gasteiger charge is -2.23. The van der Waals surface area contributed by atoms with Gasteiger partial charge in [-0.15, -0.1) is 11.3 Å². The molecule has 1 unspecified atom stereocenters. The van der Waals surface area contributed by atoms with E-state index in [0.717, 1.165) is 13.0 Å². The number of hydrogen-bond donors (Lipinski definition) is 2. The summed E-state index contributed by atoms with van der Waals surface area (Å²) in [5.41, 5.74) is -0.524. The van der Waals surface area contributed by atoms with Gasteiger partial charge in [-0.2, -0.15) is 0 Å². The minimum atomic E-state index is -0.524. The van der Waals surface area contributed by atoms with Crippen LogP contribution in [-0.2, 0) is 16.1 Å². The predicted molar refractivity (Wildman–Crippen MR) is 112 cm³/mol. The van der Waals surface area contributed by atoms with Crippen LogP contribution in [0, 0.1) is 0 Å². The van der Waals surface area contributed by atoms with Crippen molar-refractivity contribution in [1.82, 2.24) is 20.4 Å². The largest absolute Gasteiger partial charge is 0.444 e. The summed E-state index contributed by atoms with van der Waals surface area (Å²) in [6.45, 7) is 7.62. The summed E-state index contributed by atoms with van der Waals surface area (Å²) >= 11 is 1.67. The lowest BCUT2D eigenvalue weighted by atomic mass is 10.2. The van der Waals surface area contributed by atoms with Crippen molar-refractivity contribution in [2.75, 3.05) is 33.7 Å². The Morgan fingerprint density at radius 1 is 1.39 bits per heavy atom. The summed E-state index contributed by atoms with van der Waals surface area (Å²) in [6, 6.07) is 4.04. The molecule has 1 saturated heterocycles. The van der Waals surface area contributed by atoms with Gasteiger partial charge in [0, 0.05) is 32.1 Å². The zero-order valence-corrected chi connectivity index (χ0v) is 18.1. The van der Waals surface area contributed by atoms with Gasteiger partial charge in [0.2, 0.25) is 5.91 Å². The molecule has 0 aliphatic carbocycles. The maximum absolute atomic E-state index is 12.0. The highest BCUT2D eigenvalue weighted by atomic mass is 32.1.